The van der Waals surface area contributed by atoms with Gasteiger partial charge in [-0.3, -0.25) is 4.79 Å². The number of nitrogens with zero attached hydrogens (tertiary/aromatic N) is 3. The van der Waals surface area contributed by atoms with Crippen molar-refractivity contribution >= 4 is 17.5 Å². The van der Waals surface area contributed by atoms with Gasteiger partial charge in [-0.1, -0.05) is 18.9 Å². The largest absolute Gasteiger partial charge is 0.467 e. The lowest BCUT2D eigenvalue weighted by Gasteiger charge is -2.21. The first-order valence-electron chi connectivity index (χ1n) is 9.61. The maximum atomic E-state index is 12.2. The molecule has 0 atom stereocenters. The second-order valence-electron chi connectivity index (χ2n) is 7.26. The number of rotatable bonds is 5. The Hall–Kier alpha value is -2.63. The highest BCUT2D eigenvalue weighted by Crippen LogP contribution is 2.19. The van der Waals surface area contributed by atoms with Crippen LogP contribution in [0.2, 0.25) is 0 Å². The molecule has 0 spiro atoms. The highest BCUT2D eigenvalue weighted by Gasteiger charge is 2.15. The van der Waals surface area contributed by atoms with Crippen molar-refractivity contribution < 1.29 is 9.53 Å². The molecule has 1 saturated heterocycles. The number of carbonyl (C=O) groups excluding carboxylic acids is 1. The molecule has 1 N–H and O–H groups in total. The van der Waals surface area contributed by atoms with Crippen molar-refractivity contribution in [3.05, 3.63) is 41.1 Å². The van der Waals surface area contributed by atoms with E-state index in [1.165, 1.54) is 12.8 Å². The Morgan fingerprint density at radius 2 is 1.67 bits per heavy atom. The second kappa shape index (κ2) is 8.84. The van der Waals surface area contributed by atoms with E-state index in [1.54, 1.807) is 6.07 Å². The Bertz CT molecular complexity index is 779. The third-order valence-electron chi connectivity index (χ3n) is 4.56. The third kappa shape index (κ3) is 5.67. The monoisotopic (exact) mass is 368 g/mol. The summed E-state index contributed by atoms with van der Waals surface area (Å²) in [6.45, 7) is 7.79. The van der Waals surface area contributed by atoms with E-state index in [4.69, 9.17) is 4.74 Å². The molecule has 1 aliphatic heterocycles. The molecule has 1 aromatic carbocycles. The van der Waals surface area contributed by atoms with Gasteiger partial charge < -0.3 is 15.0 Å². The molecule has 0 unspecified atom stereocenters. The Labute approximate surface area is 161 Å². The van der Waals surface area contributed by atoms with Gasteiger partial charge in [0.25, 0.3) is 5.91 Å². The van der Waals surface area contributed by atoms with Gasteiger partial charge in [0.1, 0.15) is 0 Å². The molecule has 2 heterocycles. The van der Waals surface area contributed by atoms with Crippen LogP contribution < -0.4 is 15.0 Å². The average Bonchev–Trinajstić information content (AvgIpc) is 2.88. The number of nitrogens with one attached hydrogen (secondary N) is 1. The van der Waals surface area contributed by atoms with Crippen LogP contribution in [0.5, 0.6) is 5.88 Å². The zero-order valence-corrected chi connectivity index (χ0v) is 16.4. The van der Waals surface area contributed by atoms with Crippen LogP contribution in [0.1, 0.15) is 42.5 Å². The first kappa shape index (κ1) is 19.1. The molecule has 0 bridgehead atoms. The van der Waals surface area contributed by atoms with Gasteiger partial charge in [-0.25, -0.2) is 4.98 Å². The van der Waals surface area contributed by atoms with Crippen molar-refractivity contribution in [2.24, 2.45) is 0 Å². The van der Waals surface area contributed by atoms with Crippen molar-refractivity contribution in [3.8, 4) is 5.88 Å². The minimum atomic E-state index is -0.201. The van der Waals surface area contributed by atoms with Crippen molar-refractivity contribution in [1.82, 2.24) is 9.97 Å². The first-order valence-corrected chi connectivity index (χ1v) is 9.61. The van der Waals surface area contributed by atoms with Gasteiger partial charge in [-0.05, 0) is 56.9 Å². The summed E-state index contributed by atoms with van der Waals surface area (Å²) in [4.78, 5) is 23.5. The third-order valence-corrected chi connectivity index (χ3v) is 4.56. The van der Waals surface area contributed by atoms with E-state index in [9.17, 15) is 4.79 Å². The van der Waals surface area contributed by atoms with E-state index >= 15 is 0 Å². The van der Waals surface area contributed by atoms with Gasteiger partial charge in [0.15, 0.2) is 6.61 Å². The summed E-state index contributed by atoms with van der Waals surface area (Å²) < 4.78 is 5.65. The number of aryl methyl sites for hydroxylation is 3. The van der Waals surface area contributed by atoms with Crippen molar-refractivity contribution in [1.29, 1.82) is 0 Å². The number of anilines is 2. The first-order chi connectivity index (χ1) is 13.0. The predicted octanol–water partition coefficient (Wildman–Crippen LogP) is 3.80. The number of ether oxygens (including phenoxy) is 1. The number of amides is 1. The molecule has 6 heteroatoms. The summed E-state index contributed by atoms with van der Waals surface area (Å²) >= 11 is 0. The molecule has 0 saturated carbocycles. The van der Waals surface area contributed by atoms with Crippen LogP contribution in [0, 0.1) is 20.8 Å². The molecule has 2 aromatic rings. The molecule has 0 aliphatic carbocycles. The van der Waals surface area contributed by atoms with Crippen LogP contribution in [0.15, 0.2) is 24.3 Å². The van der Waals surface area contributed by atoms with E-state index in [0.29, 0.717) is 11.8 Å². The fourth-order valence-electron chi connectivity index (χ4n) is 3.39. The van der Waals surface area contributed by atoms with Crippen molar-refractivity contribution in [2.75, 3.05) is 29.9 Å². The summed E-state index contributed by atoms with van der Waals surface area (Å²) in [5.74, 6) is 0.937. The fourth-order valence-corrected chi connectivity index (χ4v) is 3.39. The van der Waals surface area contributed by atoms with E-state index in [1.807, 2.05) is 32.9 Å². The highest BCUT2D eigenvalue weighted by atomic mass is 16.5. The van der Waals surface area contributed by atoms with E-state index in [-0.39, 0.29) is 12.5 Å². The highest BCUT2D eigenvalue weighted by molar-refractivity contribution is 5.92. The average molecular weight is 368 g/mol. The minimum absolute atomic E-state index is 0.0805. The molecule has 1 amide bonds. The Morgan fingerprint density at radius 3 is 2.33 bits per heavy atom. The molecule has 1 aromatic heterocycles. The molecular formula is C21H28N4O2. The van der Waals surface area contributed by atoms with Gasteiger partial charge >= 0.3 is 0 Å². The summed E-state index contributed by atoms with van der Waals surface area (Å²) in [6.07, 6.45) is 4.83. The van der Waals surface area contributed by atoms with Crippen LogP contribution in [0.3, 0.4) is 0 Å². The van der Waals surface area contributed by atoms with Crippen molar-refractivity contribution in [3.63, 3.8) is 0 Å². The summed E-state index contributed by atoms with van der Waals surface area (Å²) in [5.41, 5.74) is 3.85. The van der Waals surface area contributed by atoms with Crippen LogP contribution in [0.4, 0.5) is 11.6 Å². The van der Waals surface area contributed by atoms with Crippen LogP contribution >= 0.6 is 0 Å². The van der Waals surface area contributed by atoms with E-state index in [0.717, 1.165) is 48.4 Å². The maximum absolute atomic E-state index is 12.2. The number of hydrogen-bond donors (Lipinski definition) is 1. The number of carbonyl (C=O) groups is 1. The number of aromatic nitrogens is 2. The van der Waals surface area contributed by atoms with Crippen LogP contribution in [-0.2, 0) is 4.79 Å². The van der Waals surface area contributed by atoms with E-state index < -0.39 is 0 Å². The Kier molecular flexibility index (Phi) is 6.27. The van der Waals surface area contributed by atoms with E-state index in [2.05, 4.69) is 26.3 Å². The van der Waals surface area contributed by atoms with Gasteiger partial charge in [0, 0.05) is 30.5 Å². The maximum Gasteiger partial charge on any atom is 0.262 e. The molecule has 3 rings (SSSR count). The van der Waals surface area contributed by atoms with Crippen molar-refractivity contribution in [2.45, 2.75) is 46.5 Å². The lowest BCUT2D eigenvalue weighted by atomic mass is 10.1. The zero-order chi connectivity index (χ0) is 19.2. The molecule has 27 heavy (non-hydrogen) atoms. The lowest BCUT2D eigenvalue weighted by molar-refractivity contribution is -0.118. The molecule has 144 valence electrons. The normalized spacial score (nSPS) is 14.6. The predicted molar refractivity (Wildman–Crippen MR) is 107 cm³/mol. The molecule has 1 fully saturated rings. The second-order valence-corrected chi connectivity index (χ2v) is 7.26. The topological polar surface area (TPSA) is 67.3 Å². The molecule has 1 aliphatic rings. The quantitative estimate of drug-likeness (QED) is 0.869. The van der Waals surface area contributed by atoms with Crippen LogP contribution in [0.25, 0.3) is 0 Å². The summed E-state index contributed by atoms with van der Waals surface area (Å²) in [5, 5.41) is 2.88. The SMILES string of the molecule is Cc1cc(C)cc(NC(=O)COc2cc(C)nc(N3CCCCCC3)n2)c1. The minimum Gasteiger partial charge on any atom is -0.467 e. The Balaban J connectivity index is 1.62. The number of benzene rings is 1. The molecular weight excluding hydrogens is 340 g/mol. The van der Waals surface area contributed by atoms with Gasteiger partial charge in [-0.2, -0.15) is 4.98 Å². The van der Waals surface area contributed by atoms with Gasteiger partial charge in [0.2, 0.25) is 11.8 Å². The summed E-state index contributed by atoms with van der Waals surface area (Å²) in [6, 6.07) is 7.72. The van der Waals surface area contributed by atoms with Gasteiger partial charge in [-0.15, -0.1) is 0 Å². The van der Waals surface area contributed by atoms with Gasteiger partial charge in [0.05, 0.1) is 0 Å². The smallest absolute Gasteiger partial charge is 0.262 e. The lowest BCUT2D eigenvalue weighted by Crippen LogP contribution is -2.26. The zero-order valence-electron chi connectivity index (χ0n) is 16.4. The van der Waals surface area contributed by atoms with Crippen LogP contribution in [-0.4, -0.2) is 35.6 Å². The Morgan fingerprint density at radius 1 is 1.00 bits per heavy atom. The molecule has 0 radical (unpaired) electrons. The standard InChI is InChI=1S/C21H28N4O2/c1-15-10-16(2)12-18(11-15)23-19(26)14-27-20-13-17(3)22-21(24-20)25-8-6-4-5-7-9-25/h10-13H,4-9,14H2,1-3H3,(H,23,26). The molecule has 6 nitrogen and oxygen atoms in total. The summed E-state index contributed by atoms with van der Waals surface area (Å²) in [7, 11) is 0. The fraction of sp³-hybridized carbons (Fsp3) is 0.476. The number of hydrogen-bond acceptors (Lipinski definition) is 5.